The highest BCUT2D eigenvalue weighted by molar-refractivity contribution is 7.97. The van der Waals surface area contributed by atoms with E-state index in [0.29, 0.717) is 0 Å². The van der Waals surface area contributed by atoms with Crippen LogP contribution in [0.2, 0.25) is 0 Å². The zero-order chi connectivity index (χ0) is 10.8. The molecule has 2 N–H and O–H groups in total. The summed E-state index contributed by atoms with van der Waals surface area (Å²) in [6, 6.07) is 6.39. The molecule has 0 amide bonds. The molecule has 0 aliphatic heterocycles. The van der Waals surface area contributed by atoms with E-state index in [2.05, 4.69) is 45.2 Å². The van der Waals surface area contributed by atoms with E-state index in [1.54, 1.807) is 0 Å². The molecule has 1 nitrogen and oxygen atoms in total. The number of thioether (sulfide) groups is 1. The van der Waals surface area contributed by atoms with Crippen molar-refractivity contribution >= 4 is 17.4 Å². The first-order valence-electron chi connectivity index (χ1n) is 4.82. The van der Waals surface area contributed by atoms with E-state index in [0.717, 1.165) is 11.4 Å². The van der Waals surface area contributed by atoms with Gasteiger partial charge in [0.25, 0.3) is 0 Å². The summed E-state index contributed by atoms with van der Waals surface area (Å²) in [5, 5.41) is 0. The number of nitrogens with two attached hydrogens (primary N) is 1. The number of rotatable bonds is 2. The monoisotopic (exact) mass is 209 g/mol. The van der Waals surface area contributed by atoms with Crippen LogP contribution in [-0.2, 0) is 11.2 Å². The lowest BCUT2D eigenvalue weighted by Gasteiger charge is -2.20. The lowest BCUT2D eigenvalue weighted by Crippen LogP contribution is -2.12. The molecule has 0 unspecified atom stereocenters. The van der Waals surface area contributed by atoms with Crippen LogP contribution in [0, 0.1) is 0 Å². The normalized spacial score (nSPS) is 11.7. The molecule has 14 heavy (non-hydrogen) atoms. The average molecular weight is 209 g/mol. The molecular formula is C12H19NS. The van der Waals surface area contributed by atoms with E-state index >= 15 is 0 Å². The van der Waals surface area contributed by atoms with Gasteiger partial charge in [-0.3, -0.25) is 0 Å². The minimum Gasteiger partial charge on any atom is -0.399 e. The van der Waals surface area contributed by atoms with Gasteiger partial charge in [0, 0.05) is 11.4 Å². The Hall–Kier alpha value is -0.630. The molecule has 0 saturated heterocycles. The van der Waals surface area contributed by atoms with Gasteiger partial charge in [0.2, 0.25) is 0 Å². The quantitative estimate of drug-likeness (QED) is 0.755. The number of hydrogen-bond donors (Lipinski definition) is 1. The van der Waals surface area contributed by atoms with Gasteiger partial charge in [0.15, 0.2) is 0 Å². The Morgan fingerprint density at radius 3 is 2.36 bits per heavy atom. The molecule has 0 heterocycles. The van der Waals surface area contributed by atoms with Gasteiger partial charge in [-0.1, -0.05) is 26.8 Å². The van der Waals surface area contributed by atoms with E-state index in [1.807, 2.05) is 11.8 Å². The van der Waals surface area contributed by atoms with Crippen LogP contribution < -0.4 is 5.73 Å². The van der Waals surface area contributed by atoms with Gasteiger partial charge in [-0.05, 0) is 34.9 Å². The highest BCUT2D eigenvalue weighted by Crippen LogP contribution is 2.26. The van der Waals surface area contributed by atoms with Gasteiger partial charge in [0.05, 0.1) is 0 Å². The van der Waals surface area contributed by atoms with Gasteiger partial charge in [-0.2, -0.15) is 11.8 Å². The van der Waals surface area contributed by atoms with Crippen LogP contribution in [0.15, 0.2) is 18.2 Å². The van der Waals surface area contributed by atoms with Gasteiger partial charge < -0.3 is 5.73 Å². The highest BCUT2D eigenvalue weighted by Gasteiger charge is 2.14. The Bertz CT molecular complexity index is 313. The summed E-state index contributed by atoms with van der Waals surface area (Å²) in [6.45, 7) is 6.64. The number of hydrogen-bond acceptors (Lipinski definition) is 2. The van der Waals surface area contributed by atoms with Crippen molar-refractivity contribution in [2.24, 2.45) is 0 Å². The third-order valence-electron chi connectivity index (χ3n) is 2.19. The van der Waals surface area contributed by atoms with Crippen molar-refractivity contribution in [3.8, 4) is 0 Å². The molecule has 0 atom stereocenters. The average Bonchev–Trinajstić information content (AvgIpc) is 2.02. The fraction of sp³-hybridized carbons (Fsp3) is 0.500. The summed E-state index contributed by atoms with van der Waals surface area (Å²) >= 11 is 1.83. The summed E-state index contributed by atoms with van der Waals surface area (Å²) in [5.74, 6) is 1.04. The predicted octanol–water partition coefficient (Wildman–Crippen LogP) is 3.43. The van der Waals surface area contributed by atoms with Gasteiger partial charge in [-0.15, -0.1) is 0 Å². The van der Waals surface area contributed by atoms with Gasteiger partial charge in [0.1, 0.15) is 0 Å². The molecule has 0 spiro atoms. The maximum atomic E-state index is 5.88. The SMILES string of the molecule is CSCc1cc(N)cc(C(C)(C)C)c1. The van der Waals surface area contributed by atoms with E-state index in [-0.39, 0.29) is 5.41 Å². The Balaban J connectivity index is 3.07. The molecule has 1 aromatic rings. The van der Waals surface area contributed by atoms with E-state index in [4.69, 9.17) is 5.73 Å². The Kier molecular flexibility index (Phi) is 3.48. The van der Waals surface area contributed by atoms with Crippen molar-refractivity contribution in [1.29, 1.82) is 0 Å². The molecule has 0 bridgehead atoms. The van der Waals surface area contributed by atoms with E-state index in [1.165, 1.54) is 11.1 Å². The molecule has 0 saturated carbocycles. The molecule has 1 aromatic carbocycles. The minimum atomic E-state index is 0.183. The predicted molar refractivity (Wildman–Crippen MR) is 66.8 cm³/mol. The largest absolute Gasteiger partial charge is 0.399 e. The Labute approximate surface area is 91.1 Å². The van der Waals surface area contributed by atoms with Crippen LogP contribution in [0.5, 0.6) is 0 Å². The van der Waals surface area contributed by atoms with Crippen LogP contribution in [0.4, 0.5) is 5.69 Å². The van der Waals surface area contributed by atoms with Crippen molar-refractivity contribution < 1.29 is 0 Å². The first-order chi connectivity index (χ1) is 6.43. The van der Waals surface area contributed by atoms with Crippen LogP contribution >= 0.6 is 11.8 Å². The van der Waals surface area contributed by atoms with Gasteiger partial charge in [-0.25, -0.2) is 0 Å². The second kappa shape index (κ2) is 4.26. The second-order valence-corrected chi connectivity index (χ2v) is 5.51. The van der Waals surface area contributed by atoms with Crippen molar-refractivity contribution in [3.63, 3.8) is 0 Å². The van der Waals surface area contributed by atoms with Crippen molar-refractivity contribution in [2.75, 3.05) is 12.0 Å². The lowest BCUT2D eigenvalue weighted by molar-refractivity contribution is 0.590. The van der Waals surface area contributed by atoms with Crippen LogP contribution in [0.25, 0.3) is 0 Å². The standard InChI is InChI=1S/C12H19NS/c1-12(2,3)10-5-9(8-14-4)6-11(13)7-10/h5-7H,8,13H2,1-4H3. The third-order valence-corrected chi connectivity index (χ3v) is 2.81. The molecule has 0 aliphatic rings. The fourth-order valence-electron chi connectivity index (χ4n) is 1.40. The zero-order valence-corrected chi connectivity index (χ0v) is 10.2. The van der Waals surface area contributed by atoms with E-state index < -0.39 is 0 Å². The Morgan fingerprint density at radius 2 is 1.86 bits per heavy atom. The number of anilines is 1. The fourth-order valence-corrected chi connectivity index (χ4v) is 1.90. The topological polar surface area (TPSA) is 26.0 Å². The number of nitrogen functional groups attached to an aromatic ring is 1. The zero-order valence-electron chi connectivity index (χ0n) is 9.42. The summed E-state index contributed by atoms with van der Waals surface area (Å²) < 4.78 is 0. The molecule has 2 heteroatoms. The van der Waals surface area contributed by atoms with Crippen molar-refractivity contribution in [2.45, 2.75) is 31.9 Å². The molecule has 1 rings (SSSR count). The highest BCUT2D eigenvalue weighted by atomic mass is 32.2. The smallest absolute Gasteiger partial charge is 0.0320 e. The second-order valence-electron chi connectivity index (χ2n) is 4.65. The maximum Gasteiger partial charge on any atom is 0.0320 e. The Morgan fingerprint density at radius 1 is 1.21 bits per heavy atom. The molecule has 0 radical (unpaired) electrons. The van der Waals surface area contributed by atoms with Crippen molar-refractivity contribution in [1.82, 2.24) is 0 Å². The number of benzene rings is 1. The first-order valence-corrected chi connectivity index (χ1v) is 6.22. The molecule has 0 aromatic heterocycles. The van der Waals surface area contributed by atoms with Crippen molar-refractivity contribution in [3.05, 3.63) is 29.3 Å². The lowest BCUT2D eigenvalue weighted by atomic mass is 9.86. The van der Waals surface area contributed by atoms with Crippen LogP contribution in [-0.4, -0.2) is 6.26 Å². The molecule has 78 valence electrons. The van der Waals surface area contributed by atoms with Crippen LogP contribution in [0.3, 0.4) is 0 Å². The molecule has 0 aliphatic carbocycles. The minimum absolute atomic E-state index is 0.183. The van der Waals surface area contributed by atoms with Crippen LogP contribution in [0.1, 0.15) is 31.9 Å². The summed E-state index contributed by atoms with van der Waals surface area (Å²) in [7, 11) is 0. The third kappa shape index (κ3) is 2.95. The summed E-state index contributed by atoms with van der Waals surface area (Å²) in [4.78, 5) is 0. The molecule has 0 fully saturated rings. The molecular weight excluding hydrogens is 190 g/mol. The summed E-state index contributed by atoms with van der Waals surface area (Å²) in [6.07, 6.45) is 2.11. The van der Waals surface area contributed by atoms with E-state index in [9.17, 15) is 0 Å². The van der Waals surface area contributed by atoms with Gasteiger partial charge >= 0.3 is 0 Å². The summed E-state index contributed by atoms with van der Waals surface area (Å²) in [5.41, 5.74) is 9.58. The first kappa shape index (κ1) is 11.4. The maximum absolute atomic E-state index is 5.88.